The first kappa shape index (κ1) is 21.7. The van der Waals surface area contributed by atoms with Crippen molar-refractivity contribution in [2.45, 2.75) is 63.4 Å². The number of hydrogen-bond acceptors (Lipinski definition) is 4. The maximum atomic E-state index is 12.9. The number of nitrogens with zero attached hydrogens (tertiary/aromatic N) is 1. The van der Waals surface area contributed by atoms with Gasteiger partial charge < -0.3 is 0 Å². The topological polar surface area (TPSA) is 68.2 Å². The molecule has 0 amide bonds. The highest BCUT2D eigenvalue weighted by Crippen LogP contribution is 2.29. The van der Waals surface area contributed by atoms with E-state index in [2.05, 4.69) is 30.7 Å². The second-order valence-corrected chi connectivity index (χ2v) is 10.8. The third-order valence-corrected chi connectivity index (χ3v) is 7.65. The summed E-state index contributed by atoms with van der Waals surface area (Å²) >= 11 is 1.09. The largest absolute Gasteiger partial charge is 0.308 e. The van der Waals surface area contributed by atoms with Gasteiger partial charge in [-0.2, -0.15) is 0 Å². The van der Waals surface area contributed by atoms with Crippen molar-refractivity contribution >= 4 is 31.6 Å². The summed E-state index contributed by atoms with van der Waals surface area (Å²) in [5.41, 5.74) is 1.80. The molecule has 0 saturated carbocycles. The lowest BCUT2D eigenvalue weighted by Gasteiger charge is -2.29. The zero-order chi connectivity index (χ0) is 21.2. The van der Waals surface area contributed by atoms with E-state index in [1.54, 1.807) is 22.8 Å². The van der Waals surface area contributed by atoms with E-state index in [0.29, 0.717) is 17.7 Å². The fourth-order valence-electron chi connectivity index (χ4n) is 3.80. The van der Waals surface area contributed by atoms with Gasteiger partial charge >= 0.3 is 4.87 Å². The lowest BCUT2D eigenvalue weighted by molar-refractivity contribution is 0.418. The Balaban J connectivity index is 1.81. The number of aryl methyl sites for hydroxylation is 1. The van der Waals surface area contributed by atoms with Gasteiger partial charge in [0.25, 0.3) is 0 Å². The lowest BCUT2D eigenvalue weighted by atomic mass is 9.79. The molecule has 1 heterocycles. The minimum absolute atomic E-state index is 0.0534. The van der Waals surface area contributed by atoms with Crippen LogP contribution in [0.2, 0.25) is 0 Å². The van der Waals surface area contributed by atoms with Gasteiger partial charge in [-0.3, -0.25) is 9.36 Å². The highest BCUT2D eigenvalue weighted by molar-refractivity contribution is 7.89. The van der Waals surface area contributed by atoms with Crippen LogP contribution in [0, 0.1) is 0 Å². The van der Waals surface area contributed by atoms with Crippen LogP contribution in [0.15, 0.2) is 58.2 Å². The third kappa shape index (κ3) is 4.79. The Morgan fingerprint density at radius 1 is 1.14 bits per heavy atom. The SMILES string of the molecule is CCCn1c(=O)sc2cc(S(=O)(=O)NC(C)CC(C)(C)c3ccccc3)ccc21. The number of rotatable bonds is 8. The molecule has 0 spiro atoms. The summed E-state index contributed by atoms with van der Waals surface area (Å²) in [6.45, 7) is 8.77. The smallest absolute Gasteiger partial charge is 0.299 e. The Bertz CT molecular complexity index is 1150. The van der Waals surface area contributed by atoms with Gasteiger partial charge in [0, 0.05) is 12.6 Å². The van der Waals surface area contributed by atoms with Crippen LogP contribution >= 0.6 is 11.3 Å². The summed E-state index contributed by atoms with van der Waals surface area (Å²) in [7, 11) is -3.68. The molecule has 0 aliphatic heterocycles. The molecule has 0 bridgehead atoms. The van der Waals surface area contributed by atoms with Gasteiger partial charge in [-0.25, -0.2) is 13.1 Å². The predicted molar refractivity (Wildman–Crippen MR) is 120 cm³/mol. The molecule has 0 radical (unpaired) electrons. The number of sulfonamides is 1. The number of thiazole rings is 1. The van der Waals surface area contributed by atoms with Gasteiger partial charge in [-0.1, -0.05) is 62.4 Å². The molecule has 0 fully saturated rings. The van der Waals surface area contributed by atoms with E-state index in [-0.39, 0.29) is 21.2 Å². The average Bonchev–Trinajstić information content (AvgIpc) is 2.96. The van der Waals surface area contributed by atoms with Crippen LogP contribution in [-0.2, 0) is 22.0 Å². The Labute approximate surface area is 176 Å². The molecule has 29 heavy (non-hydrogen) atoms. The molecule has 1 atom stereocenters. The molecule has 1 N–H and O–H groups in total. The summed E-state index contributed by atoms with van der Waals surface area (Å²) in [6.07, 6.45) is 1.51. The first-order valence-corrected chi connectivity index (χ1v) is 12.2. The second-order valence-electron chi connectivity index (χ2n) is 8.13. The highest BCUT2D eigenvalue weighted by Gasteiger charge is 2.26. The summed E-state index contributed by atoms with van der Waals surface area (Å²) in [4.78, 5) is 12.3. The minimum Gasteiger partial charge on any atom is -0.299 e. The van der Waals surface area contributed by atoms with Crippen molar-refractivity contribution in [3.05, 3.63) is 63.8 Å². The summed E-state index contributed by atoms with van der Waals surface area (Å²) in [5.74, 6) is 0. The van der Waals surface area contributed by atoms with Crippen LogP contribution in [-0.4, -0.2) is 19.0 Å². The van der Waals surface area contributed by atoms with Crippen molar-refractivity contribution < 1.29 is 8.42 Å². The molecular weight excluding hydrogens is 404 g/mol. The van der Waals surface area contributed by atoms with E-state index in [1.807, 2.05) is 32.0 Å². The molecule has 7 heteroatoms. The van der Waals surface area contributed by atoms with Gasteiger partial charge in [-0.15, -0.1) is 0 Å². The van der Waals surface area contributed by atoms with E-state index in [0.717, 1.165) is 23.3 Å². The Morgan fingerprint density at radius 2 is 1.83 bits per heavy atom. The minimum atomic E-state index is -3.68. The first-order valence-electron chi connectivity index (χ1n) is 9.85. The Morgan fingerprint density at radius 3 is 2.48 bits per heavy atom. The Kier molecular flexibility index (Phi) is 6.31. The zero-order valence-corrected chi connectivity index (χ0v) is 18.9. The predicted octanol–water partition coefficient (Wildman–Crippen LogP) is 4.51. The van der Waals surface area contributed by atoms with Crippen molar-refractivity contribution in [1.29, 1.82) is 0 Å². The molecule has 3 rings (SSSR count). The molecule has 3 aromatic rings. The average molecular weight is 433 g/mol. The zero-order valence-electron chi connectivity index (χ0n) is 17.3. The van der Waals surface area contributed by atoms with Crippen LogP contribution < -0.4 is 9.60 Å². The highest BCUT2D eigenvalue weighted by atomic mass is 32.2. The fourth-order valence-corrected chi connectivity index (χ4v) is 6.10. The lowest BCUT2D eigenvalue weighted by Crippen LogP contribution is -2.37. The Hall–Kier alpha value is -1.96. The maximum absolute atomic E-state index is 12.9. The van der Waals surface area contributed by atoms with Crippen molar-refractivity contribution in [2.75, 3.05) is 0 Å². The molecule has 156 valence electrons. The van der Waals surface area contributed by atoms with Crippen molar-refractivity contribution in [3.8, 4) is 0 Å². The second kappa shape index (κ2) is 8.42. The monoisotopic (exact) mass is 432 g/mol. The normalized spacial score (nSPS) is 13.7. The van der Waals surface area contributed by atoms with Crippen LogP contribution in [0.3, 0.4) is 0 Å². The van der Waals surface area contributed by atoms with Gasteiger partial charge in [0.1, 0.15) is 0 Å². The van der Waals surface area contributed by atoms with Crippen LogP contribution in [0.4, 0.5) is 0 Å². The van der Waals surface area contributed by atoms with Crippen molar-refractivity contribution in [2.24, 2.45) is 0 Å². The van der Waals surface area contributed by atoms with Crippen molar-refractivity contribution in [1.82, 2.24) is 9.29 Å². The van der Waals surface area contributed by atoms with Crippen LogP contribution in [0.25, 0.3) is 10.2 Å². The standard InChI is InChI=1S/C22H28N2O3S2/c1-5-13-24-19-12-11-18(14-20(19)28-21(24)25)29(26,27)23-16(2)15-22(3,4)17-9-7-6-8-10-17/h6-12,14,16,23H,5,13,15H2,1-4H3. The number of benzene rings is 2. The van der Waals surface area contributed by atoms with Crippen molar-refractivity contribution in [3.63, 3.8) is 0 Å². The fraction of sp³-hybridized carbons (Fsp3) is 0.409. The molecule has 1 unspecified atom stereocenters. The number of aromatic nitrogens is 1. The van der Waals surface area contributed by atoms with E-state index >= 15 is 0 Å². The van der Waals surface area contributed by atoms with Gasteiger partial charge in [-0.05, 0) is 48.9 Å². The quantitative estimate of drug-likeness (QED) is 0.569. The summed E-state index contributed by atoms with van der Waals surface area (Å²) in [5, 5.41) is 0. The molecular formula is C22H28N2O3S2. The first-order chi connectivity index (χ1) is 13.6. The van der Waals surface area contributed by atoms with E-state index < -0.39 is 10.0 Å². The molecule has 0 saturated heterocycles. The molecule has 1 aromatic heterocycles. The van der Waals surface area contributed by atoms with E-state index in [1.165, 1.54) is 5.56 Å². The molecule has 0 aliphatic rings. The van der Waals surface area contributed by atoms with E-state index in [9.17, 15) is 13.2 Å². The summed E-state index contributed by atoms with van der Waals surface area (Å²) in [6, 6.07) is 14.8. The molecule has 5 nitrogen and oxygen atoms in total. The number of hydrogen-bond donors (Lipinski definition) is 1. The van der Waals surface area contributed by atoms with Gasteiger partial charge in [0.2, 0.25) is 10.0 Å². The number of nitrogens with one attached hydrogen (secondary N) is 1. The third-order valence-electron chi connectivity index (χ3n) is 5.13. The summed E-state index contributed by atoms with van der Waals surface area (Å²) < 4.78 is 31.1. The van der Waals surface area contributed by atoms with E-state index in [4.69, 9.17) is 0 Å². The van der Waals surface area contributed by atoms with Crippen LogP contribution in [0.5, 0.6) is 0 Å². The molecule has 0 aliphatic carbocycles. The van der Waals surface area contributed by atoms with Gasteiger partial charge in [0.15, 0.2) is 0 Å². The van der Waals surface area contributed by atoms with Gasteiger partial charge in [0.05, 0.1) is 15.1 Å². The molecule has 2 aromatic carbocycles. The number of fused-ring (bicyclic) bond motifs is 1. The maximum Gasteiger partial charge on any atom is 0.308 e. The van der Waals surface area contributed by atoms with Crippen LogP contribution in [0.1, 0.15) is 46.1 Å².